The van der Waals surface area contributed by atoms with Crippen molar-refractivity contribution in [2.45, 2.75) is 18.4 Å². The fourth-order valence-corrected chi connectivity index (χ4v) is 1.20. The van der Waals surface area contributed by atoms with E-state index in [1.54, 1.807) is 0 Å². The van der Waals surface area contributed by atoms with Crippen molar-refractivity contribution >= 4 is 11.9 Å². The van der Waals surface area contributed by atoms with E-state index in [4.69, 9.17) is 15.9 Å². The highest BCUT2D eigenvalue weighted by molar-refractivity contribution is 5.88. The third kappa shape index (κ3) is 0.970. The van der Waals surface area contributed by atoms with Crippen LogP contribution in [-0.4, -0.2) is 27.7 Å². The van der Waals surface area contributed by atoms with Crippen LogP contribution in [0.25, 0.3) is 0 Å². The lowest BCUT2D eigenvalue weighted by Gasteiger charge is -2.39. The van der Waals surface area contributed by atoms with Gasteiger partial charge in [0.2, 0.25) is 0 Å². The minimum atomic E-state index is -1.52. The molecule has 5 heteroatoms. The normalized spacial score (nSPS) is 35.9. The molecule has 0 aromatic rings. The van der Waals surface area contributed by atoms with E-state index in [1.807, 2.05) is 0 Å². The summed E-state index contributed by atoms with van der Waals surface area (Å²) < 4.78 is 0. The summed E-state index contributed by atoms with van der Waals surface area (Å²) in [5, 5.41) is 17.0. The molecular formula is C6H9NO4. The number of carboxylic acid groups (broad SMARTS) is 2. The van der Waals surface area contributed by atoms with Gasteiger partial charge in [-0.1, -0.05) is 0 Å². The number of rotatable bonds is 2. The van der Waals surface area contributed by atoms with E-state index in [2.05, 4.69) is 0 Å². The van der Waals surface area contributed by atoms with Crippen LogP contribution in [0.1, 0.15) is 12.8 Å². The van der Waals surface area contributed by atoms with Gasteiger partial charge in [-0.25, -0.2) is 0 Å². The van der Waals surface area contributed by atoms with Crippen molar-refractivity contribution in [2.24, 2.45) is 11.7 Å². The second-order valence-corrected chi connectivity index (χ2v) is 2.78. The van der Waals surface area contributed by atoms with E-state index in [0.717, 1.165) is 0 Å². The average Bonchev–Trinajstić information content (AvgIpc) is 1.82. The lowest BCUT2D eigenvalue weighted by atomic mass is 9.67. The third-order valence-electron chi connectivity index (χ3n) is 2.16. The van der Waals surface area contributed by atoms with Crippen LogP contribution in [0.5, 0.6) is 0 Å². The lowest BCUT2D eigenvalue weighted by molar-refractivity contribution is -0.162. The quantitative estimate of drug-likeness (QED) is 0.492. The van der Waals surface area contributed by atoms with Gasteiger partial charge in [-0.05, 0) is 12.8 Å². The first kappa shape index (κ1) is 8.00. The molecule has 1 aliphatic rings. The van der Waals surface area contributed by atoms with E-state index in [9.17, 15) is 9.59 Å². The summed E-state index contributed by atoms with van der Waals surface area (Å²) >= 11 is 0. The lowest BCUT2D eigenvalue weighted by Crippen LogP contribution is -2.63. The Morgan fingerprint density at radius 2 is 2.00 bits per heavy atom. The average molecular weight is 159 g/mol. The first-order valence-electron chi connectivity index (χ1n) is 3.23. The van der Waals surface area contributed by atoms with Crippen LogP contribution in [0.15, 0.2) is 0 Å². The predicted octanol–water partition coefficient (Wildman–Crippen LogP) is -0.737. The molecule has 0 saturated heterocycles. The van der Waals surface area contributed by atoms with Crippen LogP contribution < -0.4 is 5.73 Å². The molecule has 1 aliphatic carbocycles. The SMILES string of the molecule is NC1(C(=O)O)CCC1C(=O)O. The number of hydrogen-bond acceptors (Lipinski definition) is 3. The van der Waals surface area contributed by atoms with Crippen molar-refractivity contribution in [1.29, 1.82) is 0 Å². The monoisotopic (exact) mass is 159 g/mol. The predicted molar refractivity (Wildman–Crippen MR) is 34.9 cm³/mol. The fourth-order valence-electron chi connectivity index (χ4n) is 1.20. The molecule has 1 saturated carbocycles. The van der Waals surface area contributed by atoms with Gasteiger partial charge >= 0.3 is 11.9 Å². The summed E-state index contributed by atoms with van der Waals surface area (Å²) in [4.78, 5) is 20.8. The zero-order chi connectivity index (χ0) is 8.65. The van der Waals surface area contributed by atoms with Gasteiger partial charge in [0.1, 0.15) is 5.54 Å². The Morgan fingerprint density at radius 3 is 2.09 bits per heavy atom. The minimum Gasteiger partial charge on any atom is -0.481 e. The van der Waals surface area contributed by atoms with Crippen molar-refractivity contribution in [3.63, 3.8) is 0 Å². The van der Waals surface area contributed by atoms with E-state index < -0.39 is 23.4 Å². The minimum absolute atomic E-state index is 0.249. The van der Waals surface area contributed by atoms with Gasteiger partial charge in [0.25, 0.3) is 0 Å². The molecule has 0 aromatic heterocycles. The van der Waals surface area contributed by atoms with Crippen molar-refractivity contribution < 1.29 is 19.8 Å². The summed E-state index contributed by atoms with van der Waals surface area (Å²) in [6.45, 7) is 0. The van der Waals surface area contributed by atoms with E-state index in [0.29, 0.717) is 6.42 Å². The van der Waals surface area contributed by atoms with Crippen molar-refractivity contribution in [3.05, 3.63) is 0 Å². The maximum Gasteiger partial charge on any atom is 0.324 e. The summed E-state index contributed by atoms with van der Waals surface area (Å²) in [6.07, 6.45) is 0.609. The second-order valence-electron chi connectivity index (χ2n) is 2.78. The van der Waals surface area contributed by atoms with Gasteiger partial charge in [0.05, 0.1) is 5.92 Å². The summed E-state index contributed by atoms with van der Waals surface area (Å²) in [6, 6.07) is 0. The smallest absolute Gasteiger partial charge is 0.324 e. The number of aliphatic carboxylic acids is 2. The maximum absolute atomic E-state index is 10.4. The number of carbonyl (C=O) groups is 2. The van der Waals surface area contributed by atoms with Crippen molar-refractivity contribution in [1.82, 2.24) is 0 Å². The zero-order valence-electron chi connectivity index (χ0n) is 5.78. The highest BCUT2D eigenvalue weighted by Gasteiger charge is 2.53. The molecule has 5 nitrogen and oxygen atoms in total. The second kappa shape index (κ2) is 2.20. The van der Waals surface area contributed by atoms with Crippen LogP contribution in [0, 0.1) is 5.92 Å². The molecule has 0 aliphatic heterocycles. The van der Waals surface area contributed by atoms with Gasteiger partial charge in [-0.2, -0.15) is 0 Å². The number of carboxylic acids is 2. The Hall–Kier alpha value is -1.10. The molecule has 0 aromatic carbocycles. The molecule has 0 radical (unpaired) electrons. The van der Waals surface area contributed by atoms with Crippen LogP contribution in [0.4, 0.5) is 0 Å². The van der Waals surface area contributed by atoms with Gasteiger partial charge in [-0.3, -0.25) is 9.59 Å². The highest BCUT2D eigenvalue weighted by atomic mass is 16.4. The largest absolute Gasteiger partial charge is 0.481 e. The Kier molecular flexibility index (Phi) is 1.60. The van der Waals surface area contributed by atoms with Crippen LogP contribution >= 0.6 is 0 Å². The van der Waals surface area contributed by atoms with Crippen molar-refractivity contribution in [3.8, 4) is 0 Å². The third-order valence-corrected chi connectivity index (χ3v) is 2.16. The summed E-state index contributed by atoms with van der Waals surface area (Å²) in [5.74, 6) is -3.27. The van der Waals surface area contributed by atoms with Gasteiger partial charge in [-0.15, -0.1) is 0 Å². The Balaban J connectivity index is 2.75. The van der Waals surface area contributed by atoms with E-state index >= 15 is 0 Å². The standard InChI is InChI=1S/C6H9NO4/c7-6(5(10)11)2-1-3(6)4(8)9/h3H,1-2,7H2,(H,8,9)(H,10,11). The summed E-state index contributed by atoms with van der Waals surface area (Å²) in [5.41, 5.74) is 3.79. The molecule has 11 heavy (non-hydrogen) atoms. The van der Waals surface area contributed by atoms with Gasteiger partial charge < -0.3 is 15.9 Å². The topological polar surface area (TPSA) is 101 Å². The number of nitrogens with two attached hydrogens (primary N) is 1. The molecule has 0 bridgehead atoms. The van der Waals surface area contributed by atoms with Crippen molar-refractivity contribution in [2.75, 3.05) is 0 Å². The van der Waals surface area contributed by atoms with E-state index in [1.165, 1.54) is 0 Å². The molecule has 0 amide bonds. The van der Waals surface area contributed by atoms with Gasteiger partial charge in [0.15, 0.2) is 0 Å². The molecule has 2 unspecified atom stereocenters. The van der Waals surface area contributed by atoms with E-state index in [-0.39, 0.29) is 6.42 Å². The molecule has 1 fully saturated rings. The summed E-state index contributed by atoms with van der Waals surface area (Å²) in [7, 11) is 0. The van der Waals surface area contributed by atoms with Crippen LogP contribution in [0.3, 0.4) is 0 Å². The first-order chi connectivity index (χ1) is 4.98. The first-order valence-corrected chi connectivity index (χ1v) is 3.23. The maximum atomic E-state index is 10.4. The molecule has 1 rings (SSSR count). The van der Waals surface area contributed by atoms with Crippen LogP contribution in [-0.2, 0) is 9.59 Å². The van der Waals surface area contributed by atoms with Gasteiger partial charge in [0, 0.05) is 0 Å². The molecular weight excluding hydrogens is 150 g/mol. The van der Waals surface area contributed by atoms with Crippen LogP contribution in [0.2, 0.25) is 0 Å². The molecule has 4 N–H and O–H groups in total. The molecule has 2 atom stereocenters. The molecule has 0 spiro atoms. The zero-order valence-corrected chi connectivity index (χ0v) is 5.78. The Bertz CT molecular complexity index is 215. The molecule has 0 heterocycles. The fraction of sp³-hybridized carbons (Fsp3) is 0.667. The highest BCUT2D eigenvalue weighted by Crippen LogP contribution is 2.36. The Morgan fingerprint density at radius 1 is 1.45 bits per heavy atom. The molecule has 62 valence electrons. The number of hydrogen-bond donors (Lipinski definition) is 3. The Labute approximate surface area is 62.8 Å².